The molecule has 0 saturated carbocycles. The van der Waals surface area contributed by atoms with Crippen molar-refractivity contribution >= 4 is 17.5 Å². The summed E-state index contributed by atoms with van der Waals surface area (Å²) in [6, 6.07) is 16.3. The second-order valence-electron chi connectivity index (χ2n) is 7.20. The topological polar surface area (TPSA) is 49.4 Å². The molecule has 1 atom stereocenters. The van der Waals surface area contributed by atoms with Gasteiger partial charge >= 0.3 is 0 Å². The molecular formula is C22H24N2O2. The van der Waals surface area contributed by atoms with Crippen molar-refractivity contribution in [1.29, 1.82) is 0 Å². The van der Waals surface area contributed by atoms with Gasteiger partial charge in [-0.05, 0) is 54.5 Å². The Balaban J connectivity index is 1.39. The van der Waals surface area contributed by atoms with E-state index in [4.69, 9.17) is 0 Å². The molecule has 2 amide bonds. The lowest BCUT2D eigenvalue weighted by atomic mass is 9.87. The van der Waals surface area contributed by atoms with Gasteiger partial charge in [-0.2, -0.15) is 0 Å². The van der Waals surface area contributed by atoms with Gasteiger partial charge in [-0.25, -0.2) is 0 Å². The molecule has 134 valence electrons. The number of nitrogens with one attached hydrogen (secondary N) is 1. The van der Waals surface area contributed by atoms with E-state index < -0.39 is 0 Å². The van der Waals surface area contributed by atoms with Crippen LogP contribution in [0.25, 0.3) is 0 Å². The molecule has 2 aromatic rings. The third kappa shape index (κ3) is 3.50. The van der Waals surface area contributed by atoms with Gasteiger partial charge in [0.1, 0.15) is 0 Å². The highest BCUT2D eigenvalue weighted by Gasteiger charge is 2.23. The average molecular weight is 348 g/mol. The van der Waals surface area contributed by atoms with E-state index in [0.29, 0.717) is 12.8 Å². The summed E-state index contributed by atoms with van der Waals surface area (Å²) in [4.78, 5) is 26.2. The molecule has 0 radical (unpaired) electrons. The number of aryl methyl sites for hydroxylation is 1. The third-order valence-electron chi connectivity index (χ3n) is 5.39. The van der Waals surface area contributed by atoms with Gasteiger partial charge in [-0.3, -0.25) is 9.59 Å². The third-order valence-corrected chi connectivity index (χ3v) is 5.39. The van der Waals surface area contributed by atoms with E-state index in [-0.39, 0.29) is 17.9 Å². The summed E-state index contributed by atoms with van der Waals surface area (Å²) in [5, 5.41) is 3.20. The van der Waals surface area contributed by atoms with Gasteiger partial charge in [0.15, 0.2) is 0 Å². The highest BCUT2D eigenvalue weighted by molar-refractivity contribution is 5.95. The van der Waals surface area contributed by atoms with Crippen molar-refractivity contribution in [2.75, 3.05) is 11.4 Å². The fourth-order valence-corrected chi connectivity index (χ4v) is 4.05. The van der Waals surface area contributed by atoms with Crippen LogP contribution < -0.4 is 10.2 Å². The first-order valence-corrected chi connectivity index (χ1v) is 9.47. The van der Waals surface area contributed by atoms with E-state index in [1.54, 1.807) is 0 Å². The van der Waals surface area contributed by atoms with Gasteiger partial charge in [0, 0.05) is 18.7 Å². The number of hydrogen-bond acceptors (Lipinski definition) is 2. The molecule has 0 spiro atoms. The molecule has 1 N–H and O–H groups in total. The minimum atomic E-state index is 0.0525. The lowest BCUT2D eigenvalue weighted by Gasteiger charge is -2.26. The van der Waals surface area contributed by atoms with Crippen LogP contribution in [-0.4, -0.2) is 18.4 Å². The van der Waals surface area contributed by atoms with Crippen LogP contribution in [0.2, 0.25) is 0 Å². The first-order chi connectivity index (χ1) is 12.7. The Labute approximate surface area is 154 Å². The number of carbonyl (C=O) groups excluding carboxylic acids is 2. The molecule has 0 bridgehead atoms. The fourth-order valence-electron chi connectivity index (χ4n) is 4.05. The molecule has 1 saturated heterocycles. The first-order valence-electron chi connectivity index (χ1n) is 9.47. The van der Waals surface area contributed by atoms with Crippen molar-refractivity contribution in [3.8, 4) is 0 Å². The van der Waals surface area contributed by atoms with Gasteiger partial charge in [0.2, 0.25) is 11.8 Å². The number of amides is 2. The van der Waals surface area contributed by atoms with Crippen LogP contribution in [0, 0.1) is 0 Å². The SMILES string of the molecule is O=C(Cc1ccc(N2CCCC2=O)cc1)N[C@H]1CCCc2ccccc21. The van der Waals surface area contributed by atoms with Gasteiger partial charge in [-0.1, -0.05) is 36.4 Å². The van der Waals surface area contributed by atoms with Crippen molar-refractivity contribution in [2.24, 2.45) is 0 Å². The Kier molecular flexibility index (Phi) is 4.74. The largest absolute Gasteiger partial charge is 0.349 e. The summed E-state index contributed by atoms with van der Waals surface area (Å²) in [7, 11) is 0. The summed E-state index contributed by atoms with van der Waals surface area (Å²) in [5.41, 5.74) is 4.51. The summed E-state index contributed by atoms with van der Waals surface area (Å²) in [6.07, 6.45) is 5.13. The zero-order valence-electron chi connectivity index (χ0n) is 14.9. The first kappa shape index (κ1) is 16.8. The number of carbonyl (C=O) groups is 2. The molecule has 1 aliphatic carbocycles. The summed E-state index contributed by atoms with van der Waals surface area (Å²) >= 11 is 0. The van der Waals surface area contributed by atoms with Gasteiger partial charge in [0.05, 0.1) is 12.5 Å². The van der Waals surface area contributed by atoms with Crippen LogP contribution in [0.4, 0.5) is 5.69 Å². The maximum absolute atomic E-state index is 12.5. The van der Waals surface area contributed by atoms with Crippen molar-refractivity contribution in [3.05, 3.63) is 65.2 Å². The Morgan fingerprint density at radius 2 is 1.85 bits per heavy atom. The average Bonchev–Trinajstić information content (AvgIpc) is 3.09. The normalized spacial score (nSPS) is 19.3. The Morgan fingerprint density at radius 1 is 1.04 bits per heavy atom. The van der Waals surface area contributed by atoms with Gasteiger partial charge in [-0.15, -0.1) is 0 Å². The Bertz CT molecular complexity index is 813. The summed E-state index contributed by atoms with van der Waals surface area (Å²) < 4.78 is 0. The highest BCUT2D eigenvalue weighted by atomic mass is 16.2. The van der Waals surface area contributed by atoms with Crippen LogP contribution in [0.3, 0.4) is 0 Å². The molecule has 4 nitrogen and oxygen atoms in total. The second kappa shape index (κ2) is 7.32. The quantitative estimate of drug-likeness (QED) is 0.919. The number of hydrogen-bond donors (Lipinski definition) is 1. The predicted molar refractivity (Wildman–Crippen MR) is 102 cm³/mol. The number of benzene rings is 2. The molecular weight excluding hydrogens is 324 g/mol. The lowest BCUT2D eigenvalue weighted by Crippen LogP contribution is -2.32. The van der Waals surface area contributed by atoms with E-state index in [1.807, 2.05) is 35.2 Å². The molecule has 1 fully saturated rings. The molecule has 2 aromatic carbocycles. The van der Waals surface area contributed by atoms with Crippen LogP contribution in [-0.2, 0) is 22.4 Å². The number of nitrogens with zero attached hydrogens (tertiary/aromatic N) is 1. The Hall–Kier alpha value is -2.62. The molecule has 4 heteroatoms. The minimum Gasteiger partial charge on any atom is -0.349 e. The van der Waals surface area contributed by atoms with Gasteiger partial charge in [0.25, 0.3) is 0 Å². The van der Waals surface area contributed by atoms with E-state index in [1.165, 1.54) is 11.1 Å². The van der Waals surface area contributed by atoms with Crippen LogP contribution in [0.5, 0.6) is 0 Å². The molecule has 26 heavy (non-hydrogen) atoms. The standard InChI is InChI=1S/C22H24N2O2/c25-21(23-20-8-3-6-17-5-1-2-7-19(17)20)15-16-10-12-18(13-11-16)24-14-4-9-22(24)26/h1-2,5,7,10-13,20H,3-4,6,8-9,14-15H2,(H,23,25)/t20-/m0/s1. The molecule has 0 unspecified atom stereocenters. The zero-order chi connectivity index (χ0) is 17.9. The smallest absolute Gasteiger partial charge is 0.227 e. The van der Waals surface area contributed by atoms with Crippen molar-refractivity contribution in [3.63, 3.8) is 0 Å². The van der Waals surface area contributed by atoms with E-state index in [2.05, 4.69) is 23.5 Å². The fraction of sp³-hybridized carbons (Fsp3) is 0.364. The zero-order valence-corrected chi connectivity index (χ0v) is 14.9. The maximum atomic E-state index is 12.5. The van der Waals surface area contributed by atoms with E-state index >= 15 is 0 Å². The maximum Gasteiger partial charge on any atom is 0.227 e. The lowest BCUT2D eigenvalue weighted by molar-refractivity contribution is -0.121. The van der Waals surface area contributed by atoms with Gasteiger partial charge < -0.3 is 10.2 Å². The molecule has 1 heterocycles. The predicted octanol–water partition coefficient (Wildman–Crippen LogP) is 3.55. The summed E-state index contributed by atoms with van der Waals surface area (Å²) in [5.74, 6) is 0.239. The highest BCUT2D eigenvalue weighted by Crippen LogP contribution is 2.29. The second-order valence-corrected chi connectivity index (χ2v) is 7.20. The van der Waals surface area contributed by atoms with Crippen LogP contribution in [0.15, 0.2) is 48.5 Å². The van der Waals surface area contributed by atoms with Crippen molar-refractivity contribution in [2.45, 2.75) is 44.6 Å². The number of rotatable bonds is 4. The molecule has 1 aliphatic heterocycles. The van der Waals surface area contributed by atoms with Crippen molar-refractivity contribution < 1.29 is 9.59 Å². The number of anilines is 1. The van der Waals surface area contributed by atoms with Crippen LogP contribution >= 0.6 is 0 Å². The summed E-state index contributed by atoms with van der Waals surface area (Å²) in [6.45, 7) is 0.791. The molecule has 0 aromatic heterocycles. The van der Waals surface area contributed by atoms with E-state index in [0.717, 1.165) is 43.5 Å². The van der Waals surface area contributed by atoms with Crippen molar-refractivity contribution in [1.82, 2.24) is 5.32 Å². The monoisotopic (exact) mass is 348 g/mol. The molecule has 2 aliphatic rings. The number of fused-ring (bicyclic) bond motifs is 1. The van der Waals surface area contributed by atoms with E-state index in [9.17, 15) is 9.59 Å². The van der Waals surface area contributed by atoms with Crippen LogP contribution in [0.1, 0.15) is 48.4 Å². The Morgan fingerprint density at radius 3 is 2.62 bits per heavy atom. The minimum absolute atomic E-state index is 0.0525. The molecule has 4 rings (SSSR count).